The fraction of sp³-hybridized carbons (Fsp3) is 0.355. The van der Waals surface area contributed by atoms with E-state index in [9.17, 15) is 18.4 Å². The molecule has 39 heavy (non-hydrogen) atoms. The zero-order valence-electron chi connectivity index (χ0n) is 22.5. The van der Waals surface area contributed by atoms with Gasteiger partial charge in [0, 0.05) is 30.5 Å². The average Bonchev–Trinajstić information content (AvgIpc) is 3.74. The number of esters is 1. The van der Waals surface area contributed by atoms with Crippen molar-refractivity contribution in [2.45, 2.75) is 33.4 Å². The van der Waals surface area contributed by atoms with Crippen LogP contribution in [-0.2, 0) is 22.6 Å². The minimum absolute atomic E-state index is 0.0238. The fourth-order valence-corrected chi connectivity index (χ4v) is 4.60. The second-order valence-electron chi connectivity index (χ2n) is 9.70. The van der Waals surface area contributed by atoms with Gasteiger partial charge in [0.15, 0.2) is 0 Å². The molecule has 0 spiro atoms. The molecule has 0 heterocycles. The minimum atomic E-state index is -0.838. The fourth-order valence-electron chi connectivity index (χ4n) is 4.60. The molecule has 6 nitrogen and oxygen atoms in total. The molecule has 1 fully saturated rings. The molecule has 0 radical (unpaired) electrons. The van der Waals surface area contributed by atoms with Gasteiger partial charge in [0.25, 0.3) is 0 Å². The van der Waals surface area contributed by atoms with Crippen LogP contribution in [0.15, 0.2) is 60.7 Å². The van der Waals surface area contributed by atoms with E-state index in [0.29, 0.717) is 17.7 Å². The molecule has 1 aliphatic carbocycles. The molecule has 0 saturated heterocycles. The highest BCUT2D eigenvalue weighted by molar-refractivity contribution is 5.97. The Hall–Kier alpha value is -3.78. The summed E-state index contributed by atoms with van der Waals surface area (Å²) in [5.41, 5.74) is 1.84. The second-order valence-corrected chi connectivity index (χ2v) is 9.70. The molecule has 0 bridgehead atoms. The Labute approximate surface area is 227 Å². The molecule has 2 atom stereocenters. The Morgan fingerprint density at radius 2 is 1.74 bits per heavy atom. The first-order chi connectivity index (χ1) is 18.8. The predicted molar refractivity (Wildman–Crippen MR) is 145 cm³/mol. The highest BCUT2D eigenvalue weighted by atomic mass is 19.1. The Kier molecular flexibility index (Phi) is 9.30. The SMILES string of the molecule is CCN(CC)Cc1ccc(OCC2CC2C(=O)NCc2ccc(-c3cccc(F)c3C(=O)OC)cc2F)cc1. The standard InChI is InChI=1S/C31H34F2N2O4/c1-4-35(5-2)18-20-9-13-24(14-10-20)39-19-23-15-26(23)30(36)34-17-22-12-11-21(16-28(22)33)25-7-6-8-27(32)29(25)31(37)38-3/h6-14,16,23,26H,4-5,15,17-19H2,1-3H3,(H,34,36). The zero-order valence-corrected chi connectivity index (χ0v) is 22.5. The maximum absolute atomic E-state index is 14.9. The van der Waals surface area contributed by atoms with Gasteiger partial charge in [0.1, 0.15) is 22.9 Å². The Morgan fingerprint density at radius 1 is 1.00 bits per heavy atom. The van der Waals surface area contributed by atoms with E-state index in [1.807, 2.05) is 12.1 Å². The van der Waals surface area contributed by atoms with Crippen LogP contribution in [-0.4, -0.2) is 43.6 Å². The number of carbonyl (C=O) groups is 2. The third kappa shape index (κ3) is 7.00. The van der Waals surface area contributed by atoms with E-state index in [2.05, 4.69) is 40.9 Å². The molecule has 3 aromatic carbocycles. The lowest BCUT2D eigenvalue weighted by molar-refractivity contribution is -0.122. The summed E-state index contributed by atoms with van der Waals surface area (Å²) in [5, 5.41) is 2.80. The lowest BCUT2D eigenvalue weighted by Gasteiger charge is -2.18. The Bertz CT molecular complexity index is 1310. The molecule has 206 valence electrons. The van der Waals surface area contributed by atoms with Gasteiger partial charge in [-0.15, -0.1) is 0 Å². The number of nitrogens with one attached hydrogen (secondary N) is 1. The van der Waals surface area contributed by atoms with E-state index in [4.69, 9.17) is 4.74 Å². The van der Waals surface area contributed by atoms with Crippen LogP contribution >= 0.6 is 0 Å². The van der Waals surface area contributed by atoms with Crippen LogP contribution < -0.4 is 10.1 Å². The lowest BCUT2D eigenvalue weighted by Crippen LogP contribution is -2.26. The van der Waals surface area contributed by atoms with Crippen LogP contribution in [0.2, 0.25) is 0 Å². The number of hydrogen-bond acceptors (Lipinski definition) is 5. The summed E-state index contributed by atoms with van der Waals surface area (Å²) in [5.74, 6) is -1.55. The summed E-state index contributed by atoms with van der Waals surface area (Å²) in [6.45, 7) is 7.68. The Balaban J connectivity index is 1.27. The van der Waals surface area contributed by atoms with E-state index < -0.39 is 17.6 Å². The highest BCUT2D eigenvalue weighted by Gasteiger charge is 2.43. The molecular formula is C31H34F2N2O4. The van der Waals surface area contributed by atoms with Crippen LogP contribution in [0.4, 0.5) is 8.78 Å². The lowest BCUT2D eigenvalue weighted by atomic mass is 9.98. The Morgan fingerprint density at radius 3 is 2.41 bits per heavy atom. The summed E-state index contributed by atoms with van der Waals surface area (Å²) in [6, 6.07) is 16.5. The molecule has 3 aromatic rings. The van der Waals surface area contributed by atoms with Crippen molar-refractivity contribution in [2.24, 2.45) is 11.8 Å². The van der Waals surface area contributed by atoms with Crippen molar-refractivity contribution < 1.29 is 27.8 Å². The van der Waals surface area contributed by atoms with E-state index in [1.165, 1.54) is 29.8 Å². The molecule has 1 saturated carbocycles. The van der Waals surface area contributed by atoms with Crippen LogP contribution in [0.25, 0.3) is 11.1 Å². The number of nitrogens with zero attached hydrogens (tertiary/aromatic N) is 1. The smallest absolute Gasteiger partial charge is 0.341 e. The van der Waals surface area contributed by atoms with Gasteiger partial charge in [0.2, 0.25) is 5.91 Å². The number of amides is 1. The van der Waals surface area contributed by atoms with Crippen molar-refractivity contribution in [3.63, 3.8) is 0 Å². The van der Waals surface area contributed by atoms with Crippen molar-refractivity contribution in [3.8, 4) is 16.9 Å². The molecule has 4 rings (SSSR count). The van der Waals surface area contributed by atoms with Gasteiger partial charge < -0.3 is 14.8 Å². The zero-order chi connectivity index (χ0) is 27.9. The van der Waals surface area contributed by atoms with Crippen LogP contribution in [0, 0.1) is 23.5 Å². The van der Waals surface area contributed by atoms with Gasteiger partial charge in [-0.2, -0.15) is 0 Å². The highest BCUT2D eigenvalue weighted by Crippen LogP contribution is 2.39. The third-order valence-electron chi connectivity index (χ3n) is 7.17. The first-order valence-electron chi connectivity index (χ1n) is 13.2. The van der Waals surface area contributed by atoms with E-state index in [0.717, 1.165) is 45.0 Å². The summed E-state index contributed by atoms with van der Waals surface area (Å²) in [7, 11) is 1.16. The largest absolute Gasteiger partial charge is 0.493 e. The number of hydrogen-bond donors (Lipinski definition) is 1. The monoisotopic (exact) mass is 536 g/mol. The maximum atomic E-state index is 14.9. The number of rotatable bonds is 12. The summed E-state index contributed by atoms with van der Waals surface area (Å²) in [4.78, 5) is 27.0. The van der Waals surface area contributed by atoms with Crippen molar-refractivity contribution in [1.29, 1.82) is 0 Å². The van der Waals surface area contributed by atoms with Gasteiger partial charge in [-0.3, -0.25) is 9.69 Å². The van der Waals surface area contributed by atoms with Crippen molar-refractivity contribution >= 4 is 11.9 Å². The first kappa shape index (κ1) is 28.2. The molecule has 2 unspecified atom stereocenters. The molecule has 1 aliphatic rings. The number of methoxy groups -OCH3 is 1. The molecule has 8 heteroatoms. The third-order valence-corrected chi connectivity index (χ3v) is 7.17. The molecule has 1 N–H and O–H groups in total. The summed E-state index contributed by atoms with van der Waals surface area (Å²) in [6.07, 6.45) is 0.725. The number of halogens is 2. The van der Waals surface area contributed by atoms with Gasteiger partial charge in [-0.05, 0) is 60.5 Å². The minimum Gasteiger partial charge on any atom is -0.493 e. The van der Waals surface area contributed by atoms with Gasteiger partial charge in [-0.1, -0.05) is 50.2 Å². The first-order valence-corrected chi connectivity index (χ1v) is 13.2. The average molecular weight is 537 g/mol. The predicted octanol–water partition coefficient (Wildman–Crippen LogP) is 5.59. The van der Waals surface area contributed by atoms with Crippen LogP contribution in [0.1, 0.15) is 41.8 Å². The van der Waals surface area contributed by atoms with Gasteiger partial charge in [-0.25, -0.2) is 13.6 Å². The van der Waals surface area contributed by atoms with Crippen LogP contribution in [0.3, 0.4) is 0 Å². The molecular weight excluding hydrogens is 502 g/mol. The summed E-state index contributed by atoms with van der Waals surface area (Å²) >= 11 is 0. The summed E-state index contributed by atoms with van der Waals surface area (Å²) < 4.78 is 39.7. The van der Waals surface area contributed by atoms with Gasteiger partial charge in [0.05, 0.1) is 13.7 Å². The molecule has 0 aliphatic heterocycles. The van der Waals surface area contributed by atoms with Crippen molar-refractivity contribution in [3.05, 3.63) is 89.0 Å². The van der Waals surface area contributed by atoms with Gasteiger partial charge >= 0.3 is 5.97 Å². The van der Waals surface area contributed by atoms with E-state index in [-0.39, 0.29) is 35.4 Å². The van der Waals surface area contributed by atoms with Crippen LogP contribution in [0.5, 0.6) is 5.75 Å². The normalized spacial score (nSPS) is 16.2. The second kappa shape index (κ2) is 12.8. The molecule has 0 aromatic heterocycles. The number of benzene rings is 3. The van der Waals surface area contributed by atoms with E-state index in [1.54, 1.807) is 6.07 Å². The maximum Gasteiger partial charge on any atom is 0.341 e. The topological polar surface area (TPSA) is 67.9 Å². The van der Waals surface area contributed by atoms with Crippen molar-refractivity contribution in [1.82, 2.24) is 10.2 Å². The number of ether oxygens (including phenoxy) is 2. The molecule has 1 amide bonds. The number of carbonyl (C=O) groups excluding carboxylic acids is 2. The van der Waals surface area contributed by atoms with E-state index >= 15 is 0 Å². The van der Waals surface area contributed by atoms with Crippen molar-refractivity contribution in [2.75, 3.05) is 26.8 Å². The quantitative estimate of drug-likeness (QED) is 0.306.